The maximum atomic E-state index is 13.0. The van der Waals surface area contributed by atoms with Crippen molar-refractivity contribution in [2.24, 2.45) is 0 Å². The van der Waals surface area contributed by atoms with Crippen molar-refractivity contribution in [3.63, 3.8) is 0 Å². The van der Waals surface area contributed by atoms with Gasteiger partial charge in [-0.2, -0.15) is 0 Å². The number of rotatable bonds is 3. The summed E-state index contributed by atoms with van der Waals surface area (Å²) in [6, 6.07) is 5.69. The van der Waals surface area contributed by atoms with Crippen LogP contribution in [0.2, 0.25) is 0 Å². The van der Waals surface area contributed by atoms with Gasteiger partial charge >= 0.3 is 0 Å². The van der Waals surface area contributed by atoms with Gasteiger partial charge < -0.3 is 5.32 Å². The molecule has 0 fully saturated rings. The Bertz CT molecular complexity index is 671. The summed E-state index contributed by atoms with van der Waals surface area (Å²) in [6.45, 7) is 0. The number of nitro groups is 1. The fraction of sp³-hybridized carbons (Fsp3) is 0. The second kappa shape index (κ2) is 5.65. The fourth-order valence-corrected chi connectivity index (χ4v) is 2.24. The van der Waals surface area contributed by atoms with Crippen LogP contribution in [0.1, 0.15) is 0 Å². The van der Waals surface area contributed by atoms with Crippen LogP contribution in [0.25, 0.3) is 0 Å². The molecule has 20 heavy (non-hydrogen) atoms. The van der Waals surface area contributed by atoms with Crippen LogP contribution in [0.5, 0.6) is 0 Å². The summed E-state index contributed by atoms with van der Waals surface area (Å²) in [5, 5.41) is 13.3. The first-order valence-corrected chi connectivity index (χ1v) is 6.32. The molecule has 0 amide bonds. The summed E-state index contributed by atoms with van der Waals surface area (Å²) >= 11 is 1.77. The zero-order chi connectivity index (χ0) is 14.9. The Morgan fingerprint density at radius 2 is 1.65 bits per heavy atom. The molecule has 1 N–H and O–H groups in total. The summed E-state index contributed by atoms with van der Waals surface area (Å²) in [7, 11) is 0. The largest absolute Gasteiger partial charge is 0.355 e. The van der Waals surface area contributed by atoms with E-state index in [4.69, 9.17) is 0 Å². The lowest BCUT2D eigenvalue weighted by Gasteiger charge is -2.08. The lowest BCUT2D eigenvalue weighted by molar-refractivity contribution is -0.385. The zero-order valence-corrected chi connectivity index (χ0v) is 11.8. The highest BCUT2D eigenvalue weighted by Crippen LogP contribution is 2.27. The van der Waals surface area contributed by atoms with Crippen LogP contribution >= 0.6 is 22.6 Å². The van der Waals surface area contributed by atoms with Gasteiger partial charge in [-0.1, -0.05) is 0 Å². The number of nitro benzene ring substituents is 1. The van der Waals surface area contributed by atoms with Gasteiger partial charge in [0.05, 0.1) is 8.49 Å². The minimum atomic E-state index is -1.55. The summed E-state index contributed by atoms with van der Waals surface area (Å²) in [6.07, 6.45) is 0. The summed E-state index contributed by atoms with van der Waals surface area (Å²) in [5.41, 5.74) is 0.323. The molecule has 0 radical (unpaired) electrons. The first-order chi connectivity index (χ1) is 9.38. The van der Waals surface area contributed by atoms with Crippen molar-refractivity contribution in [2.45, 2.75) is 0 Å². The van der Waals surface area contributed by atoms with Crippen molar-refractivity contribution in [3.8, 4) is 0 Å². The highest BCUT2D eigenvalue weighted by molar-refractivity contribution is 14.1. The highest BCUT2D eigenvalue weighted by atomic mass is 127. The Balaban J connectivity index is 2.31. The average molecular weight is 394 g/mol. The SMILES string of the molecule is O=[N+]([O-])c1ccc(Nc2cc(F)c(F)c(F)c2)cc1I. The first kappa shape index (κ1) is 14.6. The second-order valence-corrected chi connectivity index (χ2v) is 4.96. The molecule has 0 spiro atoms. The van der Waals surface area contributed by atoms with Gasteiger partial charge in [0.1, 0.15) is 0 Å². The van der Waals surface area contributed by atoms with Crippen molar-refractivity contribution in [1.29, 1.82) is 0 Å². The van der Waals surface area contributed by atoms with E-state index in [0.717, 1.165) is 12.1 Å². The first-order valence-electron chi connectivity index (χ1n) is 5.24. The van der Waals surface area contributed by atoms with Gasteiger partial charge in [0, 0.05) is 29.6 Å². The molecule has 8 heteroatoms. The molecule has 0 saturated carbocycles. The van der Waals surface area contributed by atoms with E-state index in [-0.39, 0.29) is 11.4 Å². The molecule has 0 heterocycles. The number of halogens is 4. The molecule has 2 rings (SSSR count). The number of benzene rings is 2. The van der Waals surface area contributed by atoms with Gasteiger partial charge in [-0.25, -0.2) is 13.2 Å². The summed E-state index contributed by atoms with van der Waals surface area (Å²) in [5.74, 6) is -4.18. The minimum Gasteiger partial charge on any atom is -0.355 e. The predicted octanol–water partition coefficient (Wildman–Crippen LogP) is 4.36. The maximum Gasteiger partial charge on any atom is 0.282 e. The van der Waals surface area contributed by atoms with Gasteiger partial charge in [-0.05, 0) is 34.7 Å². The van der Waals surface area contributed by atoms with Crippen molar-refractivity contribution >= 4 is 39.7 Å². The van der Waals surface area contributed by atoms with E-state index in [2.05, 4.69) is 5.32 Å². The van der Waals surface area contributed by atoms with E-state index in [1.807, 2.05) is 0 Å². The molecule has 0 aliphatic carbocycles. The molecule has 0 unspecified atom stereocenters. The molecule has 0 bridgehead atoms. The third-order valence-electron chi connectivity index (χ3n) is 2.42. The van der Waals surface area contributed by atoms with Crippen LogP contribution in [0.4, 0.5) is 30.2 Å². The molecular weight excluding hydrogens is 388 g/mol. The van der Waals surface area contributed by atoms with Crippen LogP contribution in [-0.4, -0.2) is 4.92 Å². The van der Waals surface area contributed by atoms with E-state index < -0.39 is 22.4 Å². The van der Waals surface area contributed by atoms with Gasteiger partial charge in [-0.15, -0.1) is 0 Å². The van der Waals surface area contributed by atoms with Crippen molar-refractivity contribution in [1.82, 2.24) is 0 Å². The number of hydrogen-bond donors (Lipinski definition) is 1. The Labute approximate surface area is 124 Å². The van der Waals surface area contributed by atoms with Crippen LogP contribution in [0.3, 0.4) is 0 Å². The standard InChI is InChI=1S/C12H6F3IN2O2/c13-8-3-7(4-9(14)12(8)15)17-6-1-2-11(18(19)20)10(16)5-6/h1-5,17H. The average Bonchev–Trinajstić information content (AvgIpc) is 2.35. The number of nitrogens with zero attached hydrogens (tertiary/aromatic N) is 1. The van der Waals surface area contributed by atoms with Gasteiger partial charge in [0.25, 0.3) is 5.69 Å². The van der Waals surface area contributed by atoms with Crippen LogP contribution in [-0.2, 0) is 0 Å². The number of nitrogens with one attached hydrogen (secondary N) is 1. The second-order valence-electron chi connectivity index (χ2n) is 3.80. The van der Waals surface area contributed by atoms with E-state index in [9.17, 15) is 23.3 Å². The van der Waals surface area contributed by atoms with E-state index in [1.165, 1.54) is 18.2 Å². The quantitative estimate of drug-likeness (QED) is 0.364. The van der Waals surface area contributed by atoms with E-state index in [1.54, 1.807) is 22.6 Å². The molecule has 104 valence electrons. The molecule has 2 aromatic rings. The fourth-order valence-electron chi connectivity index (χ4n) is 1.53. The summed E-state index contributed by atoms with van der Waals surface area (Å²) in [4.78, 5) is 10.1. The predicted molar refractivity (Wildman–Crippen MR) is 75.4 cm³/mol. The Morgan fingerprint density at radius 1 is 1.05 bits per heavy atom. The van der Waals surface area contributed by atoms with Crippen LogP contribution in [0, 0.1) is 31.1 Å². The lowest BCUT2D eigenvalue weighted by Crippen LogP contribution is -1.97. The monoisotopic (exact) mass is 394 g/mol. The van der Waals surface area contributed by atoms with Crippen molar-refractivity contribution < 1.29 is 18.1 Å². The third-order valence-corrected chi connectivity index (χ3v) is 3.28. The molecule has 0 saturated heterocycles. The summed E-state index contributed by atoms with van der Waals surface area (Å²) < 4.78 is 39.3. The molecule has 2 aromatic carbocycles. The van der Waals surface area contributed by atoms with E-state index >= 15 is 0 Å². The van der Waals surface area contributed by atoms with Gasteiger partial charge in [0.2, 0.25) is 0 Å². The maximum absolute atomic E-state index is 13.0. The normalized spacial score (nSPS) is 10.4. The van der Waals surface area contributed by atoms with Crippen LogP contribution in [0.15, 0.2) is 30.3 Å². The van der Waals surface area contributed by atoms with Crippen molar-refractivity contribution in [3.05, 3.63) is 61.5 Å². The minimum absolute atomic E-state index is 0.00560. The smallest absolute Gasteiger partial charge is 0.282 e. The molecule has 0 aromatic heterocycles. The topological polar surface area (TPSA) is 55.2 Å². The van der Waals surface area contributed by atoms with Crippen molar-refractivity contribution in [2.75, 3.05) is 5.32 Å². The molecule has 0 aliphatic rings. The Kier molecular flexibility index (Phi) is 4.12. The number of hydrogen-bond acceptors (Lipinski definition) is 3. The molecular formula is C12H6F3IN2O2. The van der Waals surface area contributed by atoms with Crippen LogP contribution < -0.4 is 5.32 Å². The number of anilines is 2. The Hall–Kier alpha value is -1.84. The van der Waals surface area contributed by atoms with E-state index in [0.29, 0.717) is 9.26 Å². The van der Waals surface area contributed by atoms with Gasteiger partial charge in [0.15, 0.2) is 17.5 Å². The van der Waals surface area contributed by atoms with Gasteiger partial charge in [-0.3, -0.25) is 10.1 Å². The Morgan fingerprint density at radius 3 is 2.15 bits per heavy atom. The third kappa shape index (κ3) is 3.00. The lowest BCUT2D eigenvalue weighted by atomic mass is 10.2. The molecule has 0 atom stereocenters. The zero-order valence-electron chi connectivity index (χ0n) is 9.66. The molecule has 4 nitrogen and oxygen atoms in total. The molecule has 0 aliphatic heterocycles. The highest BCUT2D eigenvalue weighted by Gasteiger charge is 2.13.